The molecule has 0 unspecified atom stereocenters. The van der Waals surface area contributed by atoms with Crippen molar-refractivity contribution in [3.05, 3.63) is 95.8 Å². The number of hydrogen-bond acceptors (Lipinski definition) is 3. The lowest BCUT2D eigenvalue weighted by molar-refractivity contribution is 0.0978. The van der Waals surface area contributed by atoms with Gasteiger partial charge in [0.05, 0.1) is 0 Å². The molecule has 120 valence electrons. The Morgan fingerprint density at radius 3 is 2.29 bits per heavy atom. The Morgan fingerprint density at radius 2 is 1.58 bits per heavy atom. The standard InChI is InChI=1S/C21H19NO2/c23-21(20-8-4-5-15-22-20)14-11-17-9-12-19(13-10-17)24-16-18-6-2-1-3-7-18/h1-10,12-13,15H,11,14,16H2. The number of carbonyl (C=O) groups is 1. The van der Waals surface area contributed by atoms with Crippen LogP contribution in [0, 0.1) is 0 Å². The zero-order valence-electron chi connectivity index (χ0n) is 13.4. The molecule has 0 aliphatic rings. The van der Waals surface area contributed by atoms with Crippen molar-refractivity contribution in [1.29, 1.82) is 0 Å². The molecule has 0 saturated heterocycles. The van der Waals surface area contributed by atoms with Gasteiger partial charge in [-0.1, -0.05) is 48.5 Å². The van der Waals surface area contributed by atoms with E-state index in [4.69, 9.17) is 4.74 Å². The van der Waals surface area contributed by atoms with Crippen LogP contribution < -0.4 is 4.74 Å². The predicted molar refractivity (Wildman–Crippen MR) is 94.1 cm³/mol. The molecule has 3 aromatic rings. The van der Waals surface area contributed by atoms with Gasteiger partial charge in [-0.15, -0.1) is 0 Å². The summed E-state index contributed by atoms with van der Waals surface area (Å²) in [5.41, 5.74) is 2.79. The zero-order valence-corrected chi connectivity index (χ0v) is 13.4. The molecule has 0 N–H and O–H groups in total. The van der Waals surface area contributed by atoms with Gasteiger partial charge in [0.2, 0.25) is 0 Å². The highest BCUT2D eigenvalue weighted by Crippen LogP contribution is 2.16. The molecule has 0 atom stereocenters. The lowest BCUT2D eigenvalue weighted by Crippen LogP contribution is -2.03. The summed E-state index contributed by atoms with van der Waals surface area (Å²) in [5.74, 6) is 0.902. The molecule has 3 nitrogen and oxygen atoms in total. The van der Waals surface area contributed by atoms with Gasteiger partial charge in [0.25, 0.3) is 0 Å². The fourth-order valence-corrected chi connectivity index (χ4v) is 2.41. The Morgan fingerprint density at radius 1 is 0.833 bits per heavy atom. The van der Waals surface area contributed by atoms with Crippen LogP contribution in [0.2, 0.25) is 0 Å². The molecule has 2 aromatic carbocycles. The summed E-state index contributed by atoms with van der Waals surface area (Å²) in [7, 11) is 0. The highest BCUT2D eigenvalue weighted by Gasteiger charge is 2.07. The maximum Gasteiger partial charge on any atom is 0.181 e. The van der Waals surface area contributed by atoms with Crippen LogP contribution in [0.15, 0.2) is 79.0 Å². The number of Topliss-reactive ketones (excluding diaryl/α,β-unsaturated/α-hetero) is 1. The molecular weight excluding hydrogens is 298 g/mol. The Balaban J connectivity index is 1.50. The molecule has 24 heavy (non-hydrogen) atoms. The van der Waals surface area contributed by atoms with E-state index < -0.39 is 0 Å². The second-order valence-corrected chi connectivity index (χ2v) is 5.56. The second kappa shape index (κ2) is 8.06. The summed E-state index contributed by atoms with van der Waals surface area (Å²) < 4.78 is 5.77. The van der Waals surface area contributed by atoms with E-state index in [1.807, 2.05) is 66.7 Å². The Hall–Kier alpha value is -2.94. The molecule has 0 aliphatic carbocycles. The molecule has 1 aromatic heterocycles. The minimum absolute atomic E-state index is 0.0694. The van der Waals surface area contributed by atoms with Crippen LogP contribution >= 0.6 is 0 Å². The smallest absolute Gasteiger partial charge is 0.181 e. The van der Waals surface area contributed by atoms with Crippen molar-refractivity contribution in [1.82, 2.24) is 4.98 Å². The van der Waals surface area contributed by atoms with Gasteiger partial charge in [-0.05, 0) is 41.8 Å². The third-order valence-corrected chi connectivity index (χ3v) is 3.76. The van der Waals surface area contributed by atoms with Crippen LogP contribution in [-0.4, -0.2) is 10.8 Å². The van der Waals surface area contributed by atoms with E-state index in [0.29, 0.717) is 25.1 Å². The molecule has 0 saturated carbocycles. The van der Waals surface area contributed by atoms with Crippen molar-refractivity contribution in [3.8, 4) is 5.75 Å². The first-order valence-electron chi connectivity index (χ1n) is 8.01. The summed E-state index contributed by atoms with van der Waals surface area (Å²) in [6.07, 6.45) is 2.81. The van der Waals surface area contributed by atoms with E-state index >= 15 is 0 Å². The first-order chi connectivity index (χ1) is 11.8. The third-order valence-electron chi connectivity index (χ3n) is 3.76. The van der Waals surface area contributed by atoms with Crippen LogP contribution in [-0.2, 0) is 13.0 Å². The quantitative estimate of drug-likeness (QED) is 0.603. The van der Waals surface area contributed by atoms with Crippen molar-refractivity contribution in [2.75, 3.05) is 0 Å². The summed E-state index contributed by atoms with van der Waals surface area (Å²) in [6.45, 7) is 0.554. The summed E-state index contributed by atoms with van der Waals surface area (Å²) >= 11 is 0. The average molecular weight is 317 g/mol. The SMILES string of the molecule is O=C(CCc1ccc(OCc2ccccc2)cc1)c1ccccn1. The monoisotopic (exact) mass is 317 g/mol. The van der Waals surface area contributed by atoms with Crippen molar-refractivity contribution < 1.29 is 9.53 Å². The zero-order chi connectivity index (χ0) is 16.6. The Bertz CT molecular complexity index is 768. The van der Waals surface area contributed by atoms with Gasteiger partial charge in [-0.25, -0.2) is 0 Å². The summed E-state index contributed by atoms with van der Waals surface area (Å²) in [6, 6.07) is 23.4. The number of aromatic nitrogens is 1. The Labute approximate surface area is 142 Å². The maximum atomic E-state index is 12.1. The molecule has 0 bridgehead atoms. The first kappa shape index (κ1) is 15.9. The normalized spacial score (nSPS) is 10.3. The van der Waals surface area contributed by atoms with E-state index in [1.165, 1.54) is 0 Å². The van der Waals surface area contributed by atoms with Crippen molar-refractivity contribution in [3.63, 3.8) is 0 Å². The van der Waals surface area contributed by atoms with Gasteiger partial charge in [-0.3, -0.25) is 9.78 Å². The van der Waals surface area contributed by atoms with E-state index in [9.17, 15) is 4.79 Å². The number of ketones is 1. The van der Waals surface area contributed by atoms with Gasteiger partial charge in [0, 0.05) is 12.6 Å². The van der Waals surface area contributed by atoms with Crippen LogP contribution in [0.4, 0.5) is 0 Å². The molecular formula is C21H19NO2. The highest BCUT2D eigenvalue weighted by molar-refractivity contribution is 5.94. The number of hydrogen-bond donors (Lipinski definition) is 0. The largest absolute Gasteiger partial charge is 0.489 e. The van der Waals surface area contributed by atoms with Crippen molar-refractivity contribution in [2.24, 2.45) is 0 Å². The second-order valence-electron chi connectivity index (χ2n) is 5.56. The minimum Gasteiger partial charge on any atom is -0.489 e. The lowest BCUT2D eigenvalue weighted by Gasteiger charge is -2.07. The van der Waals surface area contributed by atoms with Crippen molar-refractivity contribution >= 4 is 5.78 Å². The number of rotatable bonds is 7. The number of carbonyl (C=O) groups excluding carboxylic acids is 1. The molecule has 0 aliphatic heterocycles. The van der Waals surface area contributed by atoms with Crippen LogP contribution in [0.1, 0.15) is 28.0 Å². The highest BCUT2D eigenvalue weighted by atomic mass is 16.5. The fourth-order valence-electron chi connectivity index (χ4n) is 2.41. The lowest BCUT2D eigenvalue weighted by atomic mass is 10.1. The summed E-state index contributed by atoms with van der Waals surface area (Å²) in [5, 5.41) is 0. The topological polar surface area (TPSA) is 39.2 Å². The van der Waals surface area contributed by atoms with Gasteiger partial charge in [0.1, 0.15) is 18.1 Å². The summed E-state index contributed by atoms with van der Waals surface area (Å²) in [4.78, 5) is 16.1. The van der Waals surface area contributed by atoms with Gasteiger partial charge in [-0.2, -0.15) is 0 Å². The number of pyridine rings is 1. The van der Waals surface area contributed by atoms with Gasteiger partial charge >= 0.3 is 0 Å². The van der Waals surface area contributed by atoms with Crippen LogP contribution in [0.25, 0.3) is 0 Å². The van der Waals surface area contributed by atoms with Crippen LogP contribution in [0.3, 0.4) is 0 Å². The number of aryl methyl sites for hydroxylation is 1. The molecule has 0 spiro atoms. The van der Waals surface area contributed by atoms with Gasteiger partial charge in [0.15, 0.2) is 5.78 Å². The molecule has 3 rings (SSSR count). The molecule has 1 heterocycles. The number of nitrogens with zero attached hydrogens (tertiary/aromatic N) is 1. The van der Waals surface area contributed by atoms with E-state index in [2.05, 4.69) is 4.98 Å². The molecule has 0 radical (unpaired) electrons. The van der Waals surface area contributed by atoms with E-state index in [-0.39, 0.29) is 5.78 Å². The fraction of sp³-hybridized carbons (Fsp3) is 0.143. The number of benzene rings is 2. The van der Waals surface area contributed by atoms with E-state index in [1.54, 1.807) is 12.3 Å². The van der Waals surface area contributed by atoms with Crippen molar-refractivity contribution in [2.45, 2.75) is 19.4 Å². The van der Waals surface area contributed by atoms with Crippen LogP contribution in [0.5, 0.6) is 5.75 Å². The maximum absolute atomic E-state index is 12.1. The number of ether oxygens (including phenoxy) is 1. The van der Waals surface area contributed by atoms with E-state index in [0.717, 1.165) is 16.9 Å². The average Bonchev–Trinajstić information content (AvgIpc) is 2.67. The van der Waals surface area contributed by atoms with Gasteiger partial charge < -0.3 is 4.74 Å². The molecule has 0 fully saturated rings. The molecule has 0 amide bonds. The predicted octanol–water partition coefficient (Wildman–Crippen LogP) is 4.48. The minimum atomic E-state index is 0.0694. The first-order valence-corrected chi connectivity index (χ1v) is 8.01. The Kier molecular flexibility index (Phi) is 5.36. The third kappa shape index (κ3) is 4.53. The molecule has 3 heteroatoms.